The Morgan fingerprint density at radius 1 is 1.07 bits per heavy atom. The van der Waals surface area contributed by atoms with Crippen molar-refractivity contribution in [3.8, 4) is 0 Å². The van der Waals surface area contributed by atoms with Crippen LogP contribution >= 0.6 is 11.6 Å². The minimum absolute atomic E-state index is 0.0524. The molecule has 1 saturated heterocycles. The number of nitrogens with zero attached hydrogens (tertiary/aromatic N) is 3. The van der Waals surface area contributed by atoms with Gasteiger partial charge in [-0.25, -0.2) is 13.4 Å². The van der Waals surface area contributed by atoms with Gasteiger partial charge in [-0.2, -0.15) is 4.31 Å². The molecular formula is C22H26ClN3O3S. The number of hydrogen-bond donors (Lipinski definition) is 0. The Labute approximate surface area is 182 Å². The van der Waals surface area contributed by atoms with Crippen LogP contribution in [0.5, 0.6) is 0 Å². The van der Waals surface area contributed by atoms with E-state index in [2.05, 4.69) is 42.8 Å². The van der Waals surface area contributed by atoms with Crippen LogP contribution in [0.15, 0.2) is 51.8 Å². The van der Waals surface area contributed by atoms with E-state index in [0.29, 0.717) is 38.6 Å². The SMILES string of the molecule is CC(C)(C)c1ccc2oc(CN3CCN(S(=O)(=O)c4ccccc4Cl)CC3)nc2c1. The molecule has 1 fully saturated rings. The van der Waals surface area contributed by atoms with E-state index in [1.54, 1.807) is 24.3 Å². The van der Waals surface area contributed by atoms with Gasteiger partial charge >= 0.3 is 0 Å². The molecule has 0 bridgehead atoms. The molecule has 0 amide bonds. The maximum atomic E-state index is 12.9. The Kier molecular flexibility index (Phi) is 5.66. The highest BCUT2D eigenvalue weighted by Crippen LogP contribution is 2.28. The molecule has 0 unspecified atom stereocenters. The number of sulfonamides is 1. The Bertz CT molecular complexity index is 1160. The molecule has 8 heteroatoms. The van der Waals surface area contributed by atoms with E-state index in [1.165, 1.54) is 9.87 Å². The molecular weight excluding hydrogens is 422 g/mol. The average molecular weight is 448 g/mol. The van der Waals surface area contributed by atoms with Crippen LogP contribution in [0.25, 0.3) is 11.1 Å². The predicted molar refractivity (Wildman–Crippen MR) is 118 cm³/mol. The first kappa shape index (κ1) is 21.3. The predicted octanol–water partition coefficient (Wildman–Crippen LogP) is 4.29. The lowest BCUT2D eigenvalue weighted by Gasteiger charge is -2.33. The number of halogens is 1. The summed E-state index contributed by atoms with van der Waals surface area (Å²) in [6.07, 6.45) is 0. The second-order valence-corrected chi connectivity index (χ2v) is 11.0. The van der Waals surface area contributed by atoms with Gasteiger partial charge in [0.1, 0.15) is 10.4 Å². The molecule has 30 heavy (non-hydrogen) atoms. The van der Waals surface area contributed by atoms with Crippen LogP contribution in [0.1, 0.15) is 32.2 Å². The molecule has 1 aliphatic heterocycles. The van der Waals surface area contributed by atoms with Gasteiger partial charge in [-0.3, -0.25) is 4.90 Å². The number of rotatable bonds is 4. The molecule has 4 rings (SSSR count). The summed E-state index contributed by atoms with van der Waals surface area (Å²) in [6, 6.07) is 12.7. The van der Waals surface area contributed by atoms with Crippen LogP contribution in [0, 0.1) is 0 Å². The number of oxazole rings is 1. The third kappa shape index (κ3) is 4.25. The zero-order valence-electron chi connectivity index (χ0n) is 17.4. The van der Waals surface area contributed by atoms with E-state index >= 15 is 0 Å². The van der Waals surface area contributed by atoms with E-state index in [0.717, 1.165) is 11.1 Å². The third-order valence-electron chi connectivity index (χ3n) is 5.44. The van der Waals surface area contributed by atoms with Crippen molar-refractivity contribution in [3.05, 3.63) is 58.9 Å². The first-order chi connectivity index (χ1) is 14.1. The summed E-state index contributed by atoms with van der Waals surface area (Å²) in [5.41, 5.74) is 2.90. The van der Waals surface area contributed by atoms with Crippen LogP contribution < -0.4 is 0 Å². The summed E-state index contributed by atoms with van der Waals surface area (Å²) in [4.78, 5) is 6.97. The monoisotopic (exact) mass is 447 g/mol. The number of benzene rings is 2. The van der Waals surface area contributed by atoms with Gasteiger partial charge in [0, 0.05) is 26.2 Å². The standard InChI is InChI=1S/C22H26ClN3O3S/c1-22(2,3)16-8-9-19-18(14-16)24-21(29-19)15-25-10-12-26(13-11-25)30(27,28)20-7-5-4-6-17(20)23/h4-9,14H,10-13,15H2,1-3H3. The molecule has 0 aliphatic carbocycles. The number of hydrogen-bond acceptors (Lipinski definition) is 5. The fourth-order valence-corrected chi connectivity index (χ4v) is 5.54. The normalized spacial score (nSPS) is 16.9. The highest BCUT2D eigenvalue weighted by Gasteiger charge is 2.30. The van der Waals surface area contributed by atoms with Gasteiger partial charge in [-0.1, -0.05) is 50.6 Å². The number of aromatic nitrogens is 1. The van der Waals surface area contributed by atoms with E-state index in [4.69, 9.17) is 16.0 Å². The van der Waals surface area contributed by atoms with Gasteiger partial charge in [0.15, 0.2) is 5.58 Å². The maximum absolute atomic E-state index is 12.9. The van der Waals surface area contributed by atoms with E-state index in [1.807, 2.05) is 6.07 Å². The van der Waals surface area contributed by atoms with E-state index < -0.39 is 10.0 Å². The summed E-state index contributed by atoms with van der Waals surface area (Å²) in [6.45, 7) is 9.09. The first-order valence-electron chi connectivity index (χ1n) is 10.0. The molecule has 1 aromatic heterocycles. The average Bonchev–Trinajstić information content (AvgIpc) is 3.09. The number of piperazine rings is 1. The number of fused-ring (bicyclic) bond motifs is 1. The van der Waals surface area contributed by atoms with Gasteiger partial charge < -0.3 is 4.42 Å². The van der Waals surface area contributed by atoms with E-state index in [9.17, 15) is 8.42 Å². The summed E-state index contributed by atoms with van der Waals surface area (Å²) in [5, 5.41) is 0.251. The Morgan fingerprint density at radius 2 is 1.77 bits per heavy atom. The summed E-state index contributed by atoms with van der Waals surface area (Å²) >= 11 is 6.10. The van der Waals surface area contributed by atoms with Crippen molar-refractivity contribution in [2.75, 3.05) is 26.2 Å². The first-order valence-corrected chi connectivity index (χ1v) is 11.8. The van der Waals surface area contributed by atoms with E-state index in [-0.39, 0.29) is 15.3 Å². The zero-order chi connectivity index (χ0) is 21.5. The summed E-state index contributed by atoms with van der Waals surface area (Å²) in [7, 11) is -3.59. The molecule has 0 saturated carbocycles. The molecule has 0 radical (unpaired) electrons. The molecule has 0 spiro atoms. The van der Waals surface area contributed by atoms with Crippen LogP contribution in [-0.2, 0) is 22.0 Å². The zero-order valence-corrected chi connectivity index (χ0v) is 19.0. The van der Waals surface area contributed by atoms with Crippen LogP contribution in [0.4, 0.5) is 0 Å². The van der Waals surface area contributed by atoms with Crippen molar-refractivity contribution in [2.45, 2.75) is 37.6 Å². The lowest BCUT2D eigenvalue weighted by atomic mass is 9.87. The molecule has 160 valence electrons. The minimum atomic E-state index is -3.59. The third-order valence-corrected chi connectivity index (χ3v) is 7.84. The van der Waals surface area contributed by atoms with Crippen molar-refractivity contribution < 1.29 is 12.8 Å². The van der Waals surface area contributed by atoms with Crippen LogP contribution in [-0.4, -0.2) is 48.8 Å². The Morgan fingerprint density at radius 3 is 2.43 bits per heavy atom. The molecule has 2 heterocycles. The molecule has 2 aromatic carbocycles. The van der Waals surface area contributed by atoms with Crippen molar-refractivity contribution in [1.82, 2.24) is 14.2 Å². The van der Waals surface area contributed by atoms with Gasteiger partial charge in [0.2, 0.25) is 15.9 Å². The molecule has 0 atom stereocenters. The topological polar surface area (TPSA) is 66.7 Å². The Balaban J connectivity index is 1.43. The second kappa shape index (κ2) is 7.96. The van der Waals surface area contributed by atoms with Gasteiger partial charge in [-0.05, 0) is 35.2 Å². The second-order valence-electron chi connectivity index (χ2n) is 8.65. The lowest BCUT2D eigenvalue weighted by Crippen LogP contribution is -2.48. The van der Waals surface area contributed by atoms with Gasteiger partial charge in [0.25, 0.3) is 0 Å². The fraction of sp³-hybridized carbons (Fsp3) is 0.409. The largest absolute Gasteiger partial charge is 0.439 e. The van der Waals surface area contributed by atoms with Gasteiger partial charge in [-0.15, -0.1) is 0 Å². The van der Waals surface area contributed by atoms with Crippen LogP contribution in [0.2, 0.25) is 5.02 Å². The minimum Gasteiger partial charge on any atom is -0.439 e. The molecule has 1 aliphatic rings. The Hall–Kier alpha value is -1.93. The highest BCUT2D eigenvalue weighted by molar-refractivity contribution is 7.89. The summed E-state index contributed by atoms with van der Waals surface area (Å²) in [5.74, 6) is 0.651. The highest BCUT2D eigenvalue weighted by atomic mass is 35.5. The summed E-state index contributed by atoms with van der Waals surface area (Å²) < 4.78 is 33.2. The van der Waals surface area contributed by atoms with Crippen LogP contribution in [0.3, 0.4) is 0 Å². The molecule has 3 aromatic rings. The fourth-order valence-electron chi connectivity index (χ4n) is 3.62. The lowest BCUT2D eigenvalue weighted by molar-refractivity contribution is 0.169. The smallest absolute Gasteiger partial charge is 0.244 e. The van der Waals surface area contributed by atoms with Crippen molar-refractivity contribution in [2.24, 2.45) is 0 Å². The molecule has 6 nitrogen and oxygen atoms in total. The maximum Gasteiger partial charge on any atom is 0.244 e. The van der Waals surface area contributed by atoms with Crippen molar-refractivity contribution in [3.63, 3.8) is 0 Å². The van der Waals surface area contributed by atoms with Crippen molar-refractivity contribution in [1.29, 1.82) is 0 Å². The van der Waals surface area contributed by atoms with Gasteiger partial charge in [0.05, 0.1) is 11.6 Å². The quantitative estimate of drug-likeness (QED) is 0.597. The van der Waals surface area contributed by atoms with Crippen molar-refractivity contribution >= 4 is 32.7 Å². The molecule has 0 N–H and O–H groups in total.